The topological polar surface area (TPSA) is 61.5 Å². The fourth-order valence-electron chi connectivity index (χ4n) is 1.60. The van der Waals surface area contributed by atoms with Gasteiger partial charge in [-0.2, -0.15) is 0 Å². The molecule has 1 fully saturated rings. The van der Waals surface area contributed by atoms with Gasteiger partial charge in [0, 0.05) is 6.54 Å². The van der Waals surface area contributed by atoms with Gasteiger partial charge in [0.25, 0.3) is 0 Å². The Morgan fingerprint density at radius 3 is 2.62 bits per heavy atom. The molecule has 0 spiro atoms. The molecule has 2 unspecified atom stereocenters. The smallest absolute Gasteiger partial charge is 0.335 e. The Kier molecular flexibility index (Phi) is 4.74. The fourth-order valence-corrected chi connectivity index (χ4v) is 1.60. The normalized spacial score (nSPS) is 25.8. The van der Waals surface area contributed by atoms with Crippen LogP contribution in [0.25, 0.3) is 0 Å². The predicted molar refractivity (Wildman–Crippen MR) is 62.0 cm³/mol. The third kappa shape index (κ3) is 4.49. The van der Waals surface area contributed by atoms with Crippen molar-refractivity contribution in [2.75, 3.05) is 13.2 Å². The Hall–Kier alpha value is -0.610. The van der Waals surface area contributed by atoms with Crippen molar-refractivity contribution in [1.82, 2.24) is 0 Å². The number of hydrogen-bond donors (Lipinski definition) is 1. The first kappa shape index (κ1) is 13.5. The first-order chi connectivity index (χ1) is 7.42. The molecular formula is C12H23NO3. The number of ether oxygens (including phenoxy) is 2. The molecule has 4 nitrogen and oxygen atoms in total. The van der Waals surface area contributed by atoms with Crippen molar-refractivity contribution in [3.05, 3.63) is 0 Å². The molecule has 0 saturated carbocycles. The van der Waals surface area contributed by atoms with E-state index in [1.165, 1.54) is 0 Å². The summed E-state index contributed by atoms with van der Waals surface area (Å²) in [7, 11) is 0. The van der Waals surface area contributed by atoms with Gasteiger partial charge in [0.1, 0.15) is 0 Å². The number of rotatable bonds is 4. The maximum atomic E-state index is 11.6. The Balaban J connectivity index is 2.21. The minimum atomic E-state index is -0.395. The quantitative estimate of drug-likeness (QED) is 0.742. The van der Waals surface area contributed by atoms with E-state index in [9.17, 15) is 4.79 Å². The third-order valence-corrected chi connectivity index (χ3v) is 2.73. The van der Waals surface area contributed by atoms with Crippen molar-refractivity contribution in [3.8, 4) is 0 Å². The van der Waals surface area contributed by atoms with Crippen LogP contribution < -0.4 is 5.73 Å². The maximum Gasteiger partial charge on any atom is 0.335 e. The minimum Gasteiger partial charge on any atom is -0.464 e. The van der Waals surface area contributed by atoms with Crippen molar-refractivity contribution in [2.45, 2.75) is 52.2 Å². The molecule has 1 saturated heterocycles. The highest BCUT2D eigenvalue weighted by Crippen LogP contribution is 2.21. The first-order valence-electron chi connectivity index (χ1n) is 5.94. The summed E-state index contributed by atoms with van der Waals surface area (Å²) in [6, 6.07) is 0. The van der Waals surface area contributed by atoms with E-state index in [-0.39, 0.29) is 17.5 Å². The molecule has 0 aromatic rings. The van der Waals surface area contributed by atoms with Crippen LogP contribution in [0.4, 0.5) is 0 Å². The van der Waals surface area contributed by atoms with Crippen LogP contribution in [0.3, 0.4) is 0 Å². The Morgan fingerprint density at radius 1 is 1.44 bits per heavy atom. The van der Waals surface area contributed by atoms with Crippen LogP contribution in [0, 0.1) is 5.41 Å². The van der Waals surface area contributed by atoms with E-state index in [0.29, 0.717) is 13.2 Å². The van der Waals surface area contributed by atoms with Crippen molar-refractivity contribution in [2.24, 2.45) is 11.1 Å². The first-order valence-corrected chi connectivity index (χ1v) is 5.94. The molecule has 16 heavy (non-hydrogen) atoms. The molecule has 1 aliphatic rings. The van der Waals surface area contributed by atoms with E-state index < -0.39 is 6.10 Å². The van der Waals surface area contributed by atoms with Gasteiger partial charge < -0.3 is 15.2 Å². The molecule has 0 aromatic heterocycles. The van der Waals surface area contributed by atoms with Gasteiger partial charge in [0.15, 0.2) is 6.10 Å². The van der Waals surface area contributed by atoms with Gasteiger partial charge in [-0.3, -0.25) is 0 Å². The molecule has 0 aliphatic carbocycles. The molecule has 2 N–H and O–H groups in total. The monoisotopic (exact) mass is 229 g/mol. The van der Waals surface area contributed by atoms with Gasteiger partial charge in [0.05, 0.1) is 12.7 Å². The van der Waals surface area contributed by atoms with Crippen LogP contribution in [0.5, 0.6) is 0 Å². The zero-order chi connectivity index (χ0) is 12.2. The molecule has 1 aliphatic heterocycles. The summed E-state index contributed by atoms with van der Waals surface area (Å²) in [4.78, 5) is 11.6. The maximum absolute atomic E-state index is 11.6. The van der Waals surface area contributed by atoms with Gasteiger partial charge in [-0.25, -0.2) is 4.79 Å². The van der Waals surface area contributed by atoms with E-state index in [1.807, 2.05) is 0 Å². The van der Waals surface area contributed by atoms with Gasteiger partial charge in [-0.15, -0.1) is 0 Å². The van der Waals surface area contributed by atoms with E-state index >= 15 is 0 Å². The number of hydrogen-bond acceptors (Lipinski definition) is 4. The second-order valence-corrected chi connectivity index (χ2v) is 5.54. The SMILES string of the molecule is CC(C)(C)CCOC(=O)C1CCC(CN)O1. The van der Waals surface area contributed by atoms with Crippen LogP contribution in [-0.4, -0.2) is 31.3 Å². The number of carbonyl (C=O) groups excluding carboxylic acids is 1. The van der Waals surface area contributed by atoms with Crippen LogP contribution in [-0.2, 0) is 14.3 Å². The molecular weight excluding hydrogens is 206 g/mol. The summed E-state index contributed by atoms with van der Waals surface area (Å²) in [6.07, 6.45) is 2.09. The third-order valence-electron chi connectivity index (χ3n) is 2.73. The van der Waals surface area contributed by atoms with E-state index in [0.717, 1.165) is 19.3 Å². The van der Waals surface area contributed by atoms with Gasteiger partial charge in [-0.05, 0) is 24.7 Å². The summed E-state index contributed by atoms with van der Waals surface area (Å²) in [5.41, 5.74) is 5.67. The summed E-state index contributed by atoms with van der Waals surface area (Å²) in [5, 5.41) is 0. The van der Waals surface area contributed by atoms with Crippen LogP contribution in [0.15, 0.2) is 0 Å². The molecule has 0 bridgehead atoms. The Bertz CT molecular complexity index is 235. The molecule has 94 valence electrons. The summed E-state index contributed by atoms with van der Waals surface area (Å²) >= 11 is 0. The van der Waals surface area contributed by atoms with Crippen molar-refractivity contribution >= 4 is 5.97 Å². The van der Waals surface area contributed by atoms with E-state index in [1.54, 1.807) is 0 Å². The Morgan fingerprint density at radius 2 is 2.12 bits per heavy atom. The molecule has 0 radical (unpaired) electrons. The lowest BCUT2D eigenvalue weighted by molar-refractivity contribution is -0.156. The molecule has 0 amide bonds. The highest BCUT2D eigenvalue weighted by atomic mass is 16.6. The second-order valence-electron chi connectivity index (χ2n) is 5.54. The molecule has 1 heterocycles. The molecule has 2 atom stereocenters. The summed E-state index contributed by atoms with van der Waals surface area (Å²) in [6.45, 7) is 7.31. The van der Waals surface area contributed by atoms with Gasteiger partial charge >= 0.3 is 5.97 Å². The lowest BCUT2D eigenvalue weighted by atomic mass is 9.93. The molecule has 1 rings (SSSR count). The summed E-state index contributed by atoms with van der Waals surface area (Å²) < 4.78 is 10.6. The van der Waals surface area contributed by atoms with Crippen LogP contribution in [0.2, 0.25) is 0 Å². The number of nitrogens with two attached hydrogens (primary N) is 1. The summed E-state index contributed by atoms with van der Waals surface area (Å²) in [5.74, 6) is -0.236. The standard InChI is InChI=1S/C12H23NO3/c1-12(2,3)6-7-15-11(14)10-5-4-9(8-13)16-10/h9-10H,4-8,13H2,1-3H3. The average Bonchev–Trinajstić information content (AvgIpc) is 2.63. The highest BCUT2D eigenvalue weighted by Gasteiger charge is 2.31. The van der Waals surface area contributed by atoms with Crippen molar-refractivity contribution in [1.29, 1.82) is 0 Å². The lowest BCUT2D eigenvalue weighted by Crippen LogP contribution is -2.27. The van der Waals surface area contributed by atoms with Crippen molar-refractivity contribution in [3.63, 3.8) is 0 Å². The zero-order valence-electron chi connectivity index (χ0n) is 10.5. The fraction of sp³-hybridized carbons (Fsp3) is 0.917. The highest BCUT2D eigenvalue weighted by molar-refractivity contribution is 5.74. The predicted octanol–water partition coefficient (Wildman–Crippen LogP) is 1.47. The van der Waals surface area contributed by atoms with Crippen LogP contribution in [0.1, 0.15) is 40.0 Å². The van der Waals surface area contributed by atoms with Gasteiger partial charge in [0.2, 0.25) is 0 Å². The molecule has 0 aromatic carbocycles. The average molecular weight is 229 g/mol. The minimum absolute atomic E-state index is 0.0279. The van der Waals surface area contributed by atoms with Crippen LogP contribution >= 0.6 is 0 Å². The van der Waals surface area contributed by atoms with Gasteiger partial charge in [-0.1, -0.05) is 20.8 Å². The largest absolute Gasteiger partial charge is 0.464 e. The zero-order valence-corrected chi connectivity index (χ0v) is 10.5. The van der Waals surface area contributed by atoms with E-state index in [2.05, 4.69) is 20.8 Å². The van der Waals surface area contributed by atoms with Crippen molar-refractivity contribution < 1.29 is 14.3 Å². The number of carbonyl (C=O) groups is 1. The number of esters is 1. The molecule has 4 heteroatoms. The van der Waals surface area contributed by atoms with E-state index in [4.69, 9.17) is 15.2 Å². The second kappa shape index (κ2) is 5.64. The lowest BCUT2D eigenvalue weighted by Gasteiger charge is -2.18. The Labute approximate surface area is 97.5 Å².